The molecule has 3 nitrogen and oxygen atoms in total. The zero-order chi connectivity index (χ0) is 15.8. The van der Waals surface area contributed by atoms with Crippen molar-refractivity contribution < 1.29 is 4.79 Å². The molecule has 0 radical (unpaired) electrons. The van der Waals surface area contributed by atoms with Crippen molar-refractivity contribution in [1.29, 1.82) is 0 Å². The van der Waals surface area contributed by atoms with Gasteiger partial charge in [-0.15, -0.1) is 11.8 Å². The Bertz CT molecular complexity index is 641. The second-order valence-electron chi connectivity index (χ2n) is 4.65. The summed E-state index contributed by atoms with van der Waals surface area (Å²) in [4.78, 5) is 13.0. The number of thioether (sulfide) groups is 1. The molecule has 0 fully saturated rings. The molecule has 0 bridgehead atoms. The van der Waals surface area contributed by atoms with Crippen LogP contribution in [0.2, 0.25) is 0 Å². The molecule has 2 rings (SSSR count). The van der Waals surface area contributed by atoms with Crippen LogP contribution in [0.4, 0.5) is 0 Å². The average molecular weight is 424 g/mol. The molecule has 2 aromatic carbocycles. The third-order valence-corrected chi connectivity index (χ3v) is 4.68. The van der Waals surface area contributed by atoms with Crippen molar-refractivity contribution in [3.8, 4) is 0 Å². The normalized spacial score (nSPS) is 11.3. The van der Waals surface area contributed by atoms with E-state index in [2.05, 4.69) is 33.1 Å². The lowest BCUT2D eigenvalue weighted by molar-refractivity contribution is -0.120. The SMILES string of the molecule is C/C(=N/NC(=O)CCSc1ccccc1)c1ccc(I)cc1. The summed E-state index contributed by atoms with van der Waals surface area (Å²) < 4.78 is 1.18. The fraction of sp³-hybridized carbons (Fsp3) is 0.176. The zero-order valence-corrected chi connectivity index (χ0v) is 15.2. The van der Waals surface area contributed by atoms with Gasteiger partial charge in [0.25, 0.3) is 0 Å². The predicted molar refractivity (Wildman–Crippen MR) is 101 cm³/mol. The van der Waals surface area contributed by atoms with Gasteiger partial charge in [-0.2, -0.15) is 5.10 Å². The number of hydrogen-bond donors (Lipinski definition) is 1. The maximum absolute atomic E-state index is 11.8. The lowest BCUT2D eigenvalue weighted by Gasteiger charge is -2.03. The first-order chi connectivity index (χ1) is 10.6. The molecule has 0 unspecified atom stereocenters. The van der Waals surface area contributed by atoms with Gasteiger partial charge in [0.1, 0.15) is 0 Å². The molecule has 0 saturated heterocycles. The summed E-state index contributed by atoms with van der Waals surface area (Å²) in [6.45, 7) is 1.89. The van der Waals surface area contributed by atoms with Crippen LogP contribution in [-0.4, -0.2) is 17.4 Å². The molecule has 1 amide bonds. The van der Waals surface area contributed by atoms with Crippen LogP contribution in [0.1, 0.15) is 18.9 Å². The Kier molecular flexibility index (Phi) is 6.92. The summed E-state index contributed by atoms with van der Waals surface area (Å²) in [5.41, 5.74) is 4.43. The molecule has 114 valence electrons. The Hall–Kier alpha value is -1.34. The Morgan fingerprint density at radius 1 is 1.14 bits per heavy atom. The fourth-order valence-electron chi connectivity index (χ4n) is 1.74. The molecule has 0 saturated carbocycles. The summed E-state index contributed by atoms with van der Waals surface area (Å²) in [6, 6.07) is 18.1. The first-order valence-corrected chi connectivity index (χ1v) is 8.98. The van der Waals surface area contributed by atoms with Gasteiger partial charge in [-0.1, -0.05) is 30.3 Å². The van der Waals surface area contributed by atoms with Crippen molar-refractivity contribution in [2.45, 2.75) is 18.2 Å². The molecule has 2 aromatic rings. The molecule has 0 aliphatic rings. The second kappa shape index (κ2) is 8.95. The summed E-state index contributed by atoms with van der Waals surface area (Å²) in [5, 5.41) is 4.16. The Morgan fingerprint density at radius 3 is 2.50 bits per heavy atom. The number of amides is 1. The molecule has 0 atom stereocenters. The van der Waals surface area contributed by atoms with Gasteiger partial charge in [0, 0.05) is 20.6 Å². The van der Waals surface area contributed by atoms with Gasteiger partial charge < -0.3 is 0 Å². The molecule has 0 aliphatic carbocycles. The van der Waals surface area contributed by atoms with Gasteiger partial charge in [0.2, 0.25) is 5.91 Å². The maximum Gasteiger partial charge on any atom is 0.240 e. The van der Waals surface area contributed by atoms with Crippen molar-refractivity contribution in [2.24, 2.45) is 5.10 Å². The lowest BCUT2D eigenvalue weighted by atomic mass is 10.1. The topological polar surface area (TPSA) is 41.5 Å². The van der Waals surface area contributed by atoms with Gasteiger partial charge in [0.15, 0.2) is 0 Å². The minimum absolute atomic E-state index is 0.0618. The van der Waals surface area contributed by atoms with Gasteiger partial charge in [0.05, 0.1) is 5.71 Å². The van der Waals surface area contributed by atoms with E-state index in [1.807, 2.05) is 61.5 Å². The lowest BCUT2D eigenvalue weighted by Crippen LogP contribution is -2.19. The van der Waals surface area contributed by atoms with Crippen LogP contribution in [0.3, 0.4) is 0 Å². The van der Waals surface area contributed by atoms with Gasteiger partial charge in [-0.3, -0.25) is 4.79 Å². The molecular weight excluding hydrogens is 407 g/mol. The summed E-state index contributed by atoms with van der Waals surface area (Å²) in [6.07, 6.45) is 0.447. The first-order valence-electron chi connectivity index (χ1n) is 6.92. The van der Waals surface area contributed by atoms with Crippen LogP contribution in [0.5, 0.6) is 0 Å². The van der Waals surface area contributed by atoms with E-state index in [1.165, 1.54) is 8.47 Å². The molecule has 0 aromatic heterocycles. The van der Waals surface area contributed by atoms with E-state index in [0.717, 1.165) is 17.0 Å². The number of hydrazone groups is 1. The van der Waals surface area contributed by atoms with Crippen LogP contribution < -0.4 is 5.43 Å². The Morgan fingerprint density at radius 2 is 1.82 bits per heavy atom. The minimum atomic E-state index is -0.0618. The number of halogens is 1. The van der Waals surface area contributed by atoms with Crippen molar-refractivity contribution in [3.63, 3.8) is 0 Å². The third kappa shape index (κ3) is 5.81. The van der Waals surface area contributed by atoms with Crippen molar-refractivity contribution in [1.82, 2.24) is 5.43 Å². The fourth-order valence-corrected chi connectivity index (χ4v) is 2.97. The molecule has 0 spiro atoms. The van der Waals surface area contributed by atoms with E-state index in [4.69, 9.17) is 0 Å². The number of hydrogen-bond acceptors (Lipinski definition) is 3. The maximum atomic E-state index is 11.8. The largest absolute Gasteiger partial charge is 0.273 e. The van der Waals surface area contributed by atoms with E-state index in [1.54, 1.807) is 11.8 Å². The number of rotatable bonds is 6. The smallest absolute Gasteiger partial charge is 0.240 e. The van der Waals surface area contributed by atoms with Crippen LogP contribution in [-0.2, 0) is 4.79 Å². The molecule has 1 N–H and O–H groups in total. The van der Waals surface area contributed by atoms with Crippen molar-refractivity contribution in [2.75, 3.05) is 5.75 Å². The Labute approximate surface area is 148 Å². The summed E-state index contributed by atoms with van der Waals surface area (Å²) in [7, 11) is 0. The highest BCUT2D eigenvalue weighted by Crippen LogP contribution is 2.17. The zero-order valence-electron chi connectivity index (χ0n) is 12.3. The summed E-state index contributed by atoms with van der Waals surface area (Å²) in [5.74, 6) is 0.682. The minimum Gasteiger partial charge on any atom is -0.273 e. The molecule has 5 heteroatoms. The molecule has 0 aliphatic heterocycles. The van der Waals surface area contributed by atoms with E-state index < -0.39 is 0 Å². The van der Waals surface area contributed by atoms with Crippen LogP contribution >= 0.6 is 34.4 Å². The van der Waals surface area contributed by atoms with Crippen LogP contribution in [0.25, 0.3) is 0 Å². The standard InChI is InChI=1S/C17H17IN2OS/c1-13(14-7-9-15(18)10-8-14)19-20-17(21)11-12-22-16-5-3-2-4-6-16/h2-10H,11-12H2,1H3,(H,20,21)/b19-13-. The second-order valence-corrected chi connectivity index (χ2v) is 7.06. The molecule has 22 heavy (non-hydrogen) atoms. The van der Waals surface area contributed by atoms with Gasteiger partial charge >= 0.3 is 0 Å². The van der Waals surface area contributed by atoms with E-state index in [9.17, 15) is 4.79 Å². The predicted octanol–water partition coefficient (Wildman–Crippen LogP) is 4.31. The van der Waals surface area contributed by atoms with Crippen LogP contribution in [0, 0.1) is 3.57 Å². The number of nitrogens with zero attached hydrogens (tertiary/aromatic N) is 1. The highest BCUT2D eigenvalue weighted by molar-refractivity contribution is 14.1. The number of carbonyl (C=O) groups excluding carboxylic acids is 1. The van der Waals surface area contributed by atoms with Crippen LogP contribution in [0.15, 0.2) is 64.6 Å². The average Bonchev–Trinajstić information content (AvgIpc) is 2.54. The quantitative estimate of drug-likeness (QED) is 0.325. The van der Waals surface area contributed by atoms with E-state index >= 15 is 0 Å². The number of benzene rings is 2. The van der Waals surface area contributed by atoms with Gasteiger partial charge in [-0.05, 0) is 59.3 Å². The first kappa shape index (κ1) is 17.0. The van der Waals surface area contributed by atoms with E-state index in [0.29, 0.717) is 6.42 Å². The molecular formula is C17H17IN2OS. The van der Waals surface area contributed by atoms with Crippen molar-refractivity contribution in [3.05, 3.63) is 63.7 Å². The number of nitrogens with one attached hydrogen (secondary N) is 1. The summed E-state index contributed by atoms with van der Waals surface area (Å²) >= 11 is 3.93. The Balaban J connectivity index is 1.77. The third-order valence-electron chi connectivity index (χ3n) is 2.95. The monoisotopic (exact) mass is 424 g/mol. The van der Waals surface area contributed by atoms with Gasteiger partial charge in [-0.25, -0.2) is 5.43 Å². The number of carbonyl (C=O) groups is 1. The van der Waals surface area contributed by atoms with E-state index in [-0.39, 0.29) is 5.91 Å². The highest BCUT2D eigenvalue weighted by Gasteiger charge is 2.02. The van der Waals surface area contributed by atoms with Crippen molar-refractivity contribution >= 4 is 46.0 Å². The highest BCUT2D eigenvalue weighted by atomic mass is 127. The molecule has 0 heterocycles.